The van der Waals surface area contributed by atoms with Crippen molar-refractivity contribution < 1.29 is 30.5 Å². The van der Waals surface area contributed by atoms with Crippen LogP contribution >= 0.6 is 0 Å². The van der Waals surface area contributed by atoms with Crippen molar-refractivity contribution >= 4 is 23.0 Å². The minimum Gasteiger partial charge on any atom is -0.550 e. The maximum absolute atomic E-state index is 9.77. The van der Waals surface area contributed by atoms with Crippen LogP contribution in [0, 0.1) is 0 Å². The molecule has 5 N–H and O–H groups in total. The first-order chi connectivity index (χ1) is 8.50. The minimum absolute atomic E-state index is 0.595. The normalized spacial score (nSPS) is 11.4. The van der Waals surface area contributed by atoms with Crippen LogP contribution in [0.1, 0.15) is 6.42 Å². The zero-order chi connectivity index (χ0) is 13.5. The third-order valence-corrected chi connectivity index (χ3v) is 2.13. The lowest BCUT2D eigenvalue weighted by Crippen LogP contribution is -2.69. The van der Waals surface area contributed by atoms with Gasteiger partial charge in [0, 0.05) is 12.4 Å². The van der Waals surface area contributed by atoms with E-state index in [1.807, 2.05) is 30.6 Å². The lowest BCUT2D eigenvalue weighted by molar-refractivity contribution is -0.440. The smallest absolute Gasteiger partial charge is 0.240 e. The summed E-state index contributed by atoms with van der Waals surface area (Å²) in [6.07, 6.45) is 1.23. The van der Waals surface area contributed by atoms with Crippen molar-refractivity contribution in [1.29, 1.82) is 0 Å². The number of aliphatic carboxylic acids is 2. The molecule has 96 valence electrons. The summed E-state index contributed by atoms with van der Waals surface area (Å²) in [6, 6.07) is 6.87. The molecule has 1 atom stereocenters. The summed E-state index contributed by atoms with van der Waals surface area (Å²) in [5, 5.41) is 19.4. The maximum atomic E-state index is 9.77. The van der Waals surface area contributed by atoms with Crippen LogP contribution in [0.5, 0.6) is 0 Å². The number of carbonyl (C=O) groups is 2. The fourth-order valence-corrected chi connectivity index (χ4v) is 1.21. The molecule has 2 aromatic rings. The van der Waals surface area contributed by atoms with Crippen LogP contribution in [0.4, 0.5) is 0 Å². The third kappa shape index (κ3) is 4.22. The molecular formula is C11H13N3O4. The number of nitrogens with one attached hydrogen (secondary N) is 2. The molecule has 2 rings (SSSR count). The third-order valence-electron chi connectivity index (χ3n) is 2.13. The standard InChI is InChI=1S/C7H6N2.C4H7NO4/c1-2-4-7-6(3-1)8-5-9-7;5-2(4(8)9)1-3(6)7/h1-5H,(H,8,9);2H,1,5H2,(H,6,7)(H,8,9)/t;2-/m.0/s1. The van der Waals surface area contributed by atoms with Gasteiger partial charge in [-0.15, -0.1) is 0 Å². The van der Waals surface area contributed by atoms with E-state index >= 15 is 0 Å². The van der Waals surface area contributed by atoms with E-state index in [1.54, 1.807) is 0 Å². The number of quaternary nitrogens is 1. The number of para-hydroxylation sites is 2. The van der Waals surface area contributed by atoms with Crippen LogP contribution in [-0.2, 0) is 9.59 Å². The molecule has 0 aliphatic carbocycles. The van der Waals surface area contributed by atoms with E-state index in [-0.39, 0.29) is 0 Å². The van der Waals surface area contributed by atoms with Crippen LogP contribution in [0.15, 0.2) is 30.6 Å². The number of imidazole rings is 1. The predicted octanol–water partition coefficient (Wildman–Crippen LogP) is -3.53. The second-order valence-electron chi connectivity index (χ2n) is 3.57. The molecule has 0 spiro atoms. The second kappa shape index (κ2) is 6.36. The van der Waals surface area contributed by atoms with Crippen molar-refractivity contribution in [2.24, 2.45) is 0 Å². The Morgan fingerprint density at radius 2 is 2.00 bits per heavy atom. The van der Waals surface area contributed by atoms with E-state index in [0.29, 0.717) is 0 Å². The maximum Gasteiger partial charge on any atom is 0.240 e. The second-order valence-corrected chi connectivity index (χ2v) is 3.57. The van der Waals surface area contributed by atoms with E-state index in [9.17, 15) is 19.8 Å². The fraction of sp³-hybridized carbons (Fsp3) is 0.182. The number of H-pyrrole nitrogens is 2. The molecule has 0 unspecified atom stereocenters. The van der Waals surface area contributed by atoms with Crippen molar-refractivity contribution in [2.45, 2.75) is 12.5 Å². The number of carboxylic acid groups (broad SMARTS) is 2. The Balaban J connectivity index is 0.000000180. The Morgan fingerprint density at radius 3 is 2.50 bits per heavy atom. The molecule has 0 aliphatic rings. The zero-order valence-corrected chi connectivity index (χ0v) is 9.51. The van der Waals surface area contributed by atoms with Crippen molar-refractivity contribution in [1.82, 2.24) is 4.98 Å². The highest BCUT2D eigenvalue weighted by Gasteiger charge is 2.05. The average molecular weight is 251 g/mol. The fourth-order valence-electron chi connectivity index (χ4n) is 1.21. The lowest BCUT2D eigenvalue weighted by Gasteiger charge is -2.08. The zero-order valence-electron chi connectivity index (χ0n) is 9.51. The van der Waals surface area contributed by atoms with Crippen LogP contribution in [0.3, 0.4) is 0 Å². The van der Waals surface area contributed by atoms with Gasteiger partial charge in [-0.2, -0.15) is 0 Å². The summed E-state index contributed by atoms with van der Waals surface area (Å²) in [5.74, 6) is -2.90. The molecule has 0 aliphatic heterocycles. The van der Waals surface area contributed by atoms with E-state index in [1.165, 1.54) is 0 Å². The van der Waals surface area contributed by atoms with E-state index in [0.717, 1.165) is 11.0 Å². The Morgan fingerprint density at radius 1 is 1.33 bits per heavy atom. The molecule has 0 amide bonds. The average Bonchev–Trinajstić information content (AvgIpc) is 2.76. The highest BCUT2D eigenvalue weighted by molar-refractivity contribution is 5.76. The molecule has 0 saturated carbocycles. The molecule has 0 radical (unpaired) electrons. The molecule has 1 aromatic carbocycles. The molecule has 0 saturated heterocycles. The van der Waals surface area contributed by atoms with Crippen LogP contribution in [-0.4, -0.2) is 23.0 Å². The molecule has 1 heterocycles. The summed E-state index contributed by atoms with van der Waals surface area (Å²) in [5.41, 5.74) is 5.30. The van der Waals surface area contributed by atoms with Gasteiger partial charge in [-0.25, -0.2) is 9.97 Å². The summed E-state index contributed by atoms with van der Waals surface area (Å²) in [4.78, 5) is 25.6. The van der Waals surface area contributed by atoms with Gasteiger partial charge in [-0.05, 0) is 12.1 Å². The van der Waals surface area contributed by atoms with Gasteiger partial charge in [0.1, 0.15) is 6.04 Å². The largest absolute Gasteiger partial charge is 0.550 e. The van der Waals surface area contributed by atoms with Gasteiger partial charge in [0.25, 0.3) is 0 Å². The first kappa shape index (κ1) is 13.7. The highest BCUT2D eigenvalue weighted by atomic mass is 16.4. The SMILES string of the molecule is [NH3+][C@@H](CC(=O)[O-])C(=O)[O-].c1ccc2[nH+]c[nH]c2c1. The van der Waals surface area contributed by atoms with E-state index < -0.39 is 24.4 Å². The van der Waals surface area contributed by atoms with Gasteiger partial charge in [-0.3, -0.25) is 0 Å². The number of hydrogen-bond acceptors (Lipinski definition) is 4. The van der Waals surface area contributed by atoms with Crippen molar-refractivity contribution in [2.75, 3.05) is 0 Å². The molecule has 0 bridgehead atoms. The monoisotopic (exact) mass is 251 g/mol. The Hall–Kier alpha value is -2.41. The van der Waals surface area contributed by atoms with Crippen LogP contribution < -0.4 is 20.9 Å². The minimum atomic E-state index is -1.47. The Kier molecular flexibility index (Phi) is 4.82. The Labute approximate surface area is 102 Å². The summed E-state index contributed by atoms with van der Waals surface area (Å²) in [7, 11) is 0. The van der Waals surface area contributed by atoms with Gasteiger partial charge >= 0.3 is 0 Å². The molecule has 18 heavy (non-hydrogen) atoms. The van der Waals surface area contributed by atoms with Crippen LogP contribution in [0.2, 0.25) is 0 Å². The van der Waals surface area contributed by atoms with Crippen LogP contribution in [0.25, 0.3) is 11.0 Å². The number of fused-ring (bicyclic) bond motifs is 1. The van der Waals surface area contributed by atoms with Gasteiger partial charge in [0.2, 0.25) is 6.33 Å². The number of carbonyl (C=O) groups excluding carboxylic acids is 2. The van der Waals surface area contributed by atoms with Gasteiger partial charge in [0.15, 0.2) is 11.0 Å². The Bertz CT molecular complexity index is 508. The van der Waals surface area contributed by atoms with Crippen molar-refractivity contribution in [3.8, 4) is 0 Å². The van der Waals surface area contributed by atoms with Gasteiger partial charge in [-0.1, -0.05) is 12.1 Å². The number of aromatic amines is 2. The molecule has 0 fully saturated rings. The number of hydrogen-bond donors (Lipinski definition) is 2. The van der Waals surface area contributed by atoms with E-state index in [4.69, 9.17) is 0 Å². The number of benzene rings is 1. The summed E-state index contributed by atoms with van der Waals surface area (Å²) in [6.45, 7) is 0. The quantitative estimate of drug-likeness (QED) is 0.583. The number of aromatic nitrogens is 2. The highest BCUT2D eigenvalue weighted by Crippen LogP contribution is 2.01. The molecule has 7 heteroatoms. The lowest BCUT2D eigenvalue weighted by atomic mass is 10.2. The van der Waals surface area contributed by atoms with Gasteiger partial charge < -0.3 is 25.5 Å². The van der Waals surface area contributed by atoms with Crippen molar-refractivity contribution in [3.05, 3.63) is 30.6 Å². The van der Waals surface area contributed by atoms with Crippen molar-refractivity contribution in [3.63, 3.8) is 0 Å². The summed E-state index contributed by atoms with van der Waals surface area (Å²) < 4.78 is 0. The summed E-state index contributed by atoms with van der Waals surface area (Å²) >= 11 is 0. The molecule has 7 nitrogen and oxygen atoms in total. The number of rotatable bonds is 3. The molecular weight excluding hydrogens is 238 g/mol. The van der Waals surface area contributed by atoms with Gasteiger partial charge in [0.05, 0.1) is 5.97 Å². The first-order valence-electron chi connectivity index (χ1n) is 5.18. The molecule has 1 aromatic heterocycles. The first-order valence-corrected chi connectivity index (χ1v) is 5.18. The topological polar surface area (TPSA) is 138 Å². The van der Waals surface area contributed by atoms with E-state index in [2.05, 4.69) is 15.7 Å². The number of carboxylic acids is 2. The predicted molar refractivity (Wildman–Crippen MR) is 56.2 cm³/mol.